The Hall–Kier alpha value is -3.80. The van der Waals surface area contributed by atoms with Gasteiger partial charge >= 0.3 is 6.09 Å². The normalized spacial score (nSPS) is 19.3. The lowest BCUT2D eigenvalue weighted by atomic mass is 9.86. The average Bonchev–Trinajstić information content (AvgIpc) is 2.99. The van der Waals surface area contributed by atoms with Gasteiger partial charge in [-0.3, -0.25) is 10.1 Å². The number of hydrogen-bond donors (Lipinski definition) is 1. The number of aryl methyl sites for hydroxylation is 1. The summed E-state index contributed by atoms with van der Waals surface area (Å²) in [6.45, 7) is 2.42. The van der Waals surface area contributed by atoms with Crippen molar-refractivity contribution in [2.45, 2.75) is 51.5 Å². The summed E-state index contributed by atoms with van der Waals surface area (Å²) >= 11 is 0. The second-order valence-electron chi connectivity index (χ2n) is 8.84. The molecule has 0 unspecified atom stereocenters. The first kappa shape index (κ1) is 22.0. The zero-order chi connectivity index (χ0) is 23.5. The molecule has 1 N–H and O–H groups in total. The van der Waals surface area contributed by atoms with E-state index in [2.05, 4.69) is 23.5 Å². The Labute approximate surface area is 199 Å². The Morgan fingerprint density at radius 2 is 1.85 bits per heavy atom. The van der Waals surface area contributed by atoms with Crippen molar-refractivity contribution in [2.24, 2.45) is 0 Å². The molecule has 0 aromatic heterocycles. The molecule has 0 bridgehead atoms. The Morgan fingerprint density at radius 3 is 2.71 bits per heavy atom. The van der Waals surface area contributed by atoms with Crippen molar-refractivity contribution in [3.05, 3.63) is 95.1 Å². The molecule has 2 aliphatic rings. The molecule has 3 aromatic rings. The molecule has 6 nitrogen and oxygen atoms in total. The summed E-state index contributed by atoms with van der Waals surface area (Å²) in [5.41, 5.74) is 4.91. The predicted octanol–water partition coefficient (Wildman–Crippen LogP) is 5.62. The summed E-state index contributed by atoms with van der Waals surface area (Å²) in [7, 11) is 0. The minimum atomic E-state index is -0.579. The Kier molecular flexibility index (Phi) is 6.21. The van der Waals surface area contributed by atoms with Crippen molar-refractivity contribution in [2.75, 3.05) is 5.32 Å². The molecular formula is C28H28N2O4. The lowest BCUT2D eigenvalue weighted by molar-refractivity contribution is -0.140. The van der Waals surface area contributed by atoms with E-state index in [0.29, 0.717) is 18.0 Å². The van der Waals surface area contributed by atoms with Crippen molar-refractivity contribution < 1.29 is 19.1 Å². The minimum Gasteiger partial charge on any atom is -0.481 e. The molecule has 1 aliphatic heterocycles. The van der Waals surface area contributed by atoms with Gasteiger partial charge in [-0.25, -0.2) is 4.79 Å². The lowest BCUT2D eigenvalue weighted by Crippen LogP contribution is -2.41. The van der Waals surface area contributed by atoms with Gasteiger partial charge in [-0.2, -0.15) is 0 Å². The first-order chi connectivity index (χ1) is 16.6. The second-order valence-corrected chi connectivity index (χ2v) is 8.84. The topological polar surface area (TPSA) is 67.9 Å². The fourth-order valence-electron chi connectivity index (χ4n) is 4.82. The molecule has 1 heterocycles. The quantitative estimate of drug-likeness (QED) is 0.553. The van der Waals surface area contributed by atoms with Crippen LogP contribution in [0.1, 0.15) is 48.1 Å². The molecular weight excluding hydrogens is 428 g/mol. The average molecular weight is 457 g/mol. The minimum absolute atomic E-state index is 0.0157. The van der Waals surface area contributed by atoms with Crippen molar-refractivity contribution >= 4 is 17.7 Å². The van der Waals surface area contributed by atoms with Crippen LogP contribution in [0.15, 0.2) is 72.8 Å². The highest BCUT2D eigenvalue weighted by atomic mass is 16.5. The van der Waals surface area contributed by atoms with Gasteiger partial charge in [0.15, 0.2) is 6.10 Å². The Balaban J connectivity index is 1.35. The Bertz CT molecular complexity index is 1190. The molecule has 2 amide bonds. The fourth-order valence-corrected chi connectivity index (χ4v) is 4.82. The third kappa shape index (κ3) is 4.62. The number of carbonyl (C=O) groups excluding carboxylic acids is 2. The third-order valence-corrected chi connectivity index (χ3v) is 6.51. The number of nitrogens with zero attached hydrogens (tertiary/aromatic N) is 1. The second kappa shape index (κ2) is 9.59. The number of hydrogen-bond acceptors (Lipinski definition) is 4. The highest BCUT2D eigenvalue weighted by Crippen LogP contribution is 2.38. The first-order valence-electron chi connectivity index (χ1n) is 11.7. The SMILES string of the molecule is C[C@@H]1Oc2ccc(NC(=O)OCc3ccccc3)cc2CN([C@H]2CCCc3ccccc32)C1=O. The van der Waals surface area contributed by atoms with Crippen LogP contribution in [0.2, 0.25) is 0 Å². The summed E-state index contributed by atoms with van der Waals surface area (Å²) in [6, 6.07) is 23.4. The van der Waals surface area contributed by atoms with Crippen LogP contribution in [0.4, 0.5) is 10.5 Å². The number of ether oxygens (including phenoxy) is 2. The van der Waals surface area contributed by atoms with Crippen LogP contribution in [-0.4, -0.2) is 23.0 Å². The number of rotatable bonds is 4. The molecule has 6 heteroatoms. The van der Waals surface area contributed by atoms with E-state index < -0.39 is 12.2 Å². The van der Waals surface area contributed by atoms with Crippen LogP contribution in [0.5, 0.6) is 5.75 Å². The molecule has 0 fully saturated rings. The number of carbonyl (C=O) groups is 2. The van der Waals surface area contributed by atoms with Gasteiger partial charge in [-0.1, -0.05) is 54.6 Å². The van der Waals surface area contributed by atoms with Gasteiger partial charge in [0.05, 0.1) is 12.6 Å². The van der Waals surface area contributed by atoms with E-state index in [1.807, 2.05) is 53.4 Å². The summed E-state index contributed by atoms with van der Waals surface area (Å²) in [4.78, 5) is 27.6. The molecule has 0 saturated carbocycles. The third-order valence-electron chi connectivity index (χ3n) is 6.51. The molecule has 174 valence electrons. The first-order valence-corrected chi connectivity index (χ1v) is 11.7. The maximum absolute atomic E-state index is 13.3. The maximum atomic E-state index is 13.3. The fraction of sp³-hybridized carbons (Fsp3) is 0.286. The maximum Gasteiger partial charge on any atom is 0.411 e. The van der Waals surface area contributed by atoms with Gasteiger partial charge in [0.25, 0.3) is 5.91 Å². The highest BCUT2D eigenvalue weighted by Gasteiger charge is 2.35. The van der Waals surface area contributed by atoms with E-state index in [-0.39, 0.29) is 18.6 Å². The van der Waals surface area contributed by atoms with Crippen LogP contribution in [-0.2, 0) is 29.1 Å². The van der Waals surface area contributed by atoms with Gasteiger partial charge < -0.3 is 14.4 Å². The van der Waals surface area contributed by atoms with Gasteiger partial charge in [0.2, 0.25) is 0 Å². The van der Waals surface area contributed by atoms with Crippen LogP contribution in [0, 0.1) is 0 Å². The van der Waals surface area contributed by atoms with Crippen LogP contribution in [0.3, 0.4) is 0 Å². The largest absolute Gasteiger partial charge is 0.481 e. The van der Waals surface area contributed by atoms with E-state index >= 15 is 0 Å². The van der Waals surface area contributed by atoms with Gasteiger partial charge in [0, 0.05) is 11.3 Å². The summed E-state index contributed by atoms with van der Waals surface area (Å²) in [5, 5.41) is 2.79. The van der Waals surface area contributed by atoms with E-state index in [0.717, 1.165) is 30.4 Å². The lowest BCUT2D eigenvalue weighted by Gasteiger charge is -2.35. The molecule has 0 spiro atoms. The number of benzene rings is 3. The Morgan fingerprint density at radius 1 is 1.06 bits per heavy atom. The highest BCUT2D eigenvalue weighted by molar-refractivity contribution is 5.85. The predicted molar refractivity (Wildman–Crippen MR) is 129 cm³/mol. The number of amides is 2. The van der Waals surface area contributed by atoms with Crippen LogP contribution in [0.25, 0.3) is 0 Å². The molecule has 0 saturated heterocycles. The zero-order valence-corrected chi connectivity index (χ0v) is 19.2. The number of nitrogens with one attached hydrogen (secondary N) is 1. The van der Waals surface area contributed by atoms with E-state index in [9.17, 15) is 9.59 Å². The standard InChI is InChI=1S/C28H28N2O4/c1-19-27(31)30(25-13-7-11-21-10-5-6-12-24(21)25)17-22-16-23(14-15-26(22)34-19)29-28(32)33-18-20-8-3-2-4-9-20/h2-6,8-10,12,14-16,19,25H,7,11,13,17-18H2,1H3,(H,29,32)/t19-,25-/m0/s1. The van der Waals surface area contributed by atoms with Crippen molar-refractivity contribution in [1.82, 2.24) is 4.90 Å². The van der Waals surface area contributed by atoms with E-state index in [1.54, 1.807) is 13.0 Å². The van der Waals surface area contributed by atoms with Gasteiger partial charge in [-0.05, 0) is 61.1 Å². The molecule has 1 aliphatic carbocycles. The zero-order valence-electron chi connectivity index (χ0n) is 19.2. The van der Waals surface area contributed by atoms with E-state index in [1.165, 1.54) is 11.1 Å². The van der Waals surface area contributed by atoms with Crippen LogP contribution < -0.4 is 10.1 Å². The molecule has 0 radical (unpaired) electrons. The summed E-state index contributed by atoms with van der Waals surface area (Å²) in [6.07, 6.45) is 1.90. The molecule has 34 heavy (non-hydrogen) atoms. The molecule has 2 atom stereocenters. The monoisotopic (exact) mass is 456 g/mol. The van der Waals surface area contributed by atoms with Crippen molar-refractivity contribution in [3.63, 3.8) is 0 Å². The number of anilines is 1. The van der Waals surface area contributed by atoms with Crippen LogP contribution >= 0.6 is 0 Å². The van der Waals surface area contributed by atoms with Crippen molar-refractivity contribution in [3.8, 4) is 5.75 Å². The molecule has 5 rings (SSSR count). The van der Waals surface area contributed by atoms with Crippen molar-refractivity contribution in [1.29, 1.82) is 0 Å². The molecule has 3 aromatic carbocycles. The number of fused-ring (bicyclic) bond motifs is 2. The van der Waals surface area contributed by atoms with Gasteiger partial charge in [-0.15, -0.1) is 0 Å². The summed E-state index contributed by atoms with van der Waals surface area (Å²) in [5.74, 6) is 0.644. The van der Waals surface area contributed by atoms with E-state index in [4.69, 9.17) is 9.47 Å². The summed E-state index contributed by atoms with van der Waals surface area (Å²) < 4.78 is 11.4. The smallest absolute Gasteiger partial charge is 0.411 e. The van der Waals surface area contributed by atoms with Gasteiger partial charge in [0.1, 0.15) is 12.4 Å².